The van der Waals surface area contributed by atoms with Crippen molar-refractivity contribution in [1.29, 1.82) is 0 Å². The molecule has 1 aromatic heterocycles. The summed E-state index contributed by atoms with van der Waals surface area (Å²) in [6.45, 7) is 3.34. The van der Waals surface area contributed by atoms with Crippen LogP contribution in [-0.2, 0) is 10.0 Å². The third-order valence-electron chi connectivity index (χ3n) is 1.91. The first kappa shape index (κ1) is 15.9. The lowest BCUT2D eigenvalue weighted by Gasteiger charge is -2.07. The minimum atomic E-state index is -3.19. The Morgan fingerprint density at radius 2 is 1.63 bits per heavy atom. The molecule has 0 aliphatic carbocycles. The molecule has 0 bridgehead atoms. The van der Waals surface area contributed by atoms with Gasteiger partial charge in [0.15, 0.2) is 0 Å². The predicted molar refractivity (Wildman–Crippen MR) is 75.0 cm³/mol. The van der Waals surface area contributed by atoms with Crippen molar-refractivity contribution in [3.8, 4) is 0 Å². The van der Waals surface area contributed by atoms with Crippen LogP contribution in [0.25, 0.3) is 0 Å². The van der Waals surface area contributed by atoms with E-state index in [9.17, 15) is 8.42 Å². The maximum atomic E-state index is 10.9. The zero-order chi connectivity index (χ0) is 14.3. The largest absolute Gasteiger partial charge is 0.354 e. The molecule has 0 unspecified atom stereocenters. The van der Waals surface area contributed by atoms with Crippen molar-refractivity contribution in [3.05, 3.63) is 5.28 Å². The highest BCUT2D eigenvalue weighted by Crippen LogP contribution is 2.09. The van der Waals surface area contributed by atoms with Gasteiger partial charge in [0.25, 0.3) is 0 Å². The summed E-state index contributed by atoms with van der Waals surface area (Å²) in [5.74, 6) is 0.689. The van der Waals surface area contributed by atoms with Crippen LogP contribution in [0.2, 0.25) is 5.28 Å². The Bertz CT molecular complexity index is 509. The van der Waals surface area contributed by atoms with Crippen LogP contribution >= 0.6 is 11.6 Å². The summed E-state index contributed by atoms with van der Waals surface area (Å²) in [7, 11) is -3.19. The highest BCUT2D eigenvalue weighted by Gasteiger charge is 2.04. The smallest absolute Gasteiger partial charge is 0.228 e. The van der Waals surface area contributed by atoms with E-state index in [1.165, 1.54) is 0 Å². The van der Waals surface area contributed by atoms with Crippen molar-refractivity contribution >= 4 is 33.5 Å². The third kappa shape index (κ3) is 7.09. The maximum Gasteiger partial charge on any atom is 0.228 e. The average Bonchev–Trinajstić information content (AvgIpc) is 2.30. The molecule has 0 fully saturated rings. The van der Waals surface area contributed by atoms with Crippen molar-refractivity contribution in [3.63, 3.8) is 0 Å². The van der Waals surface area contributed by atoms with Crippen molar-refractivity contribution in [2.75, 3.05) is 36.5 Å². The molecule has 0 aromatic carbocycles. The monoisotopic (exact) mass is 308 g/mol. The van der Waals surface area contributed by atoms with E-state index in [0.717, 1.165) is 19.2 Å². The quantitative estimate of drug-likeness (QED) is 0.593. The number of halogens is 1. The summed E-state index contributed by atoms with van der Waals surface area (Å²) in [6, 6.07) is 0. The number of nitrogens with one attached hydrogen (secondary N) is 3. The molecule has 0 atom stereocenters. The fourth-order valence-electron chi connectivity index (χ4n) is 1.16. The summed E-state index contributed by atoms with van der Waals surface area (Å²) >= 11 is 5.76. The molecule has 0 amide bonds. The van der Waals surface area contributed by atoms with E-state index in [0.29, 0.717) is 18.4 Å². The van der Waals surface area contributed by atoms with Gasteiger partial charge >= 0.3 is 0 Å². The summed E-state index contributed by atoms with van der Waals surface area (Å²) in [4.78, 5) is 11.9. The standard InChI is InChI=1S/C9H17ClN6O2S/c1-3-4-11-8-14-7(10)15-9(16-8)12-5-6-13-19(2,17)18/h13H,3-6H2,1-2H3,(H2,11,12,14,15,16). The van der Waals surface area contributed by atoms with Crippen LogP contribution in [0.1, 0.15) is 13.3 Å². The van der Waals surface area contributed by atoms with Crippen molar-refractivity contribution < 1.29 is 8.42 Å². The van der Waals surface area contributed by atoms with E-state index >= 15 is 0 Å². The van der Waals surface area contributed by atoms with Gasteiger partial charge in [-0.2, -0.15) is 15.0 Å². The molecule has 0 saturated heterocycles. The van der Waals surface area contributed by atoms with E-state index in [-0.39, 0.29) is 11.8 Å². The topological polar surface area (TPSA) is 109 Å². The molecule has 0 saturated carbocycles. The minimum Gasteiger partial charge on any atom is -0.354 e. The maximum absolute atomic E-state index is 10.9. The van der Waals surface area contributed by atoms with Gasteiger partial charge < -0.3 is 10.6 Å². The first-order valence-corrected chi connectivity index (χ1v) is 8.01. The Balaban J connectivity index is 2.51. The lowest BCUT2D eigenvalue weighted by Crippen LogP contribution is -2.28. The van der Waals surface area contributed by atoms with Gasteiger partial charge in [-0.3, -0.25) is 0 Å². The number of anilines is 2. The summed E-state index contributed by atoms with van der Waals surface area (Å²) < 4.78 is 24.1. The second-order valence-electron chi connectivity index (χ2n) is 3.77. The van der Waals surface area contributed by atoms with Crippen LogP contribution in [0.3, 0.4) is 0 Å². The Morgan fingerprint density at radius 3 is 2.16 bits per heavy atom. The van der Waals surface area contributed by atoms with E-state index < -0.39 is 10.0 Å². The lowest BCUT2D eigenvalue weighted by molar-refractivity contribution is 0.589. The van der Waals surface area contributed by atoms with Gasteiger partial charge in [0.2, 0.25) is 27.2 Å². The second kappa shape index (κ2) is 7.41. The summed E-state index contributed by atoms with van der Waals surface area (Å²) in [5.41, 5.74) is 0. The molecule has 1 rings (SSSR count). The molecular weight excluding hydrogens is 292 g/mol. The van der Waals surface area contributed by atoms with Gasteiger partial charge in [-0.25, -0.2) is 13.1 Å². The predicted octanol–water partition coefficient (Wildman–Crippen LogP) is 0.308. The Kier molecular flexibility index (Phi) is 6.19. The SMILES string of the molecule is CCCNc1nc(Cl)nc(NCCNS(C)(=O)=O)n1. The van der Waals surface area contributed by atoms with Gasteiger partial charge in [-0.15, -0.1) is 0 Å². The van der Waals surface area contributed by atoms with Gasteiger partial charge in [0, 0.05) is 19.6 Å². The third-order valence-corrected chi connectivity index (χ3v) is 2.81. The van der Waals surface area contributed by atoms with Crippen LogP contribution < -0.4 is 15.4 Å². The Morgan fingerprint density at radius 1 is 1.05 bits per heavy atom. The number of aromatic nitrogens is 3. The molecule has 108 valence electrons. The Hall–Kier alpha value is -1.19. The minimum absolute atomic E-state index is 0.0761. The van der Waals surface area contributed by atoms with Gasteiger partial charge in [-0.1, -0.05) is 6.92 Å². The molecule has 1 heterocycles. The highest BCUT2D eigenvalue weighted by atomic mass is 35.5. The average molecular weight is 309 g/mol. The Labute approximate surface area is 117 Å². The number of nitrogens with zero attached hydrogens (tertiary/aromatic N) is 3. The van der Waals surface area contributed by atoms with Crippen molar-refractivity contribution in [1.82, 2.24) is 19.7 Å². The molecule has 1 aromatic rings. The zero-order valence-electron chi connectivity index (χ0n) is 10.8. The molecule has 0 spiro atoms. The van der Waals surface area contributed by atoms with Gasteiger partial charge in [-0.05, 0) is 18.0 Å². The number of sulfonamides is 1. The van der Waals surface area contributed by atoms with Crippen molar-refractivity contribution in [2.45, 2.75) is 13.3 Å². The van der Waals surface area contributed by atoms with Crippen LogP contribution in [0, 0.1) is 0 Å². The van der Waals surface area contributed by atoms with Crippen LogP contribution in [-0.4, -0.2) is 49.3 Å². The molecule has 3 N–H and O–H groups in total. The van der Waals surface area contributed by atoms with E-state index in [2.05, 4.69) is 30.3 Å². The lowest BCUT2D eigenvalue weighted by atomic mass is 10.5. The molecule has 8 nitrogen and oxygen atoms in total. The summed E-state index contributed by atoms with van der Waals surface area (Å²) in [6.07, 6.45) is 2.03. The number of hydrogen-bond donors (Lipinski definition) is 3. The first-order chi connectivity index (χ1) is 8.90. The van der Waals surface area contributed by atoms with Crippen LogP contribution in [0.5, 0.6) is 0 Å². The highest BCUT2D eigenvalue weighted by molar-refractivity contribution is 7.88. The zero-order valence-corrected chi connectivity index (χ0v) is 12.3. The number of rotatable bonds is 8. The molecule has 0 radical (unpaired) electrons. The molecule has 19 heavy (non-hydrogen) atoms. The molecular formula is C9H17ClN6O2S. The first-order valence-electron chi connectivity index (χ1n) is 5.74. The molecule has 0 aliphatic rings. The van der Waals surface area contributed by atoms with E-state index in [1.807, 2.05) is 6.92 Å². The normalized spacial score (nSPS) is 11.3. The number of hydrogen-bond acceptors (Lipinski definition) is 7. The van der Waals surface area contributed by atoms with E-state index in [4.69, 9.17) is 11.6 Å². The van der Waals surface area contributed by atoms with Gasteiger partial charge in [0.05, 0.1) is 6.26 Å². The van der Waals surface area contributed by atoms with Gasteiger partial charge in [0.1, 0.15) is 0 Å². The molecule has 0 aliphatic heterocycles. The fraction of sp³-hybridized carbons (Fsp3) is 0.667. The van der Waals surface area contributed by atoms with E-state index in [1.54, 1.807) is 0 Å². The summed E-state index contributed by atoms with van der Waals surface area (Å²) in [5, 5.41) is 5.93. The van der Waals surface area contributed by atoms with Crippen LogP contribution in [0.4, 0.5) is 11.9 Å². The van der Waals surface area contributed by atoms with Crippen LogP contribution in [0.15, 0.2) is 0 Å². The molecule has 10 heteroatoms. The fourth-order valence-corrected chi connectivity index (χ4v) is 1.79. The second-order valence-corrected chi connectivity index (χ2v) is 5.94. The van der Waals surface area contributed by atoms with Crippen molar-refractivity contribution in [2.24, 2.45) is 0 Å².